The summed E-state index contributed by atoms with van der Waals surface area (Å²) in [6.45, 7) is 6.60. The molecule has 1 heterocycles. The Morgan fingerprint density at radius 3 is 2.75 bits per heavy atom. The number of hydrogen-bond donors (Lipinski definition) is 0. The average Bonchev–Trinajstić information content (AvgIpc) is 2.70. The zero-order valence-corrected chi connectivity index (χ0v) is 10.1. The molecule has 0 aliphatic heterocycles. The normalized spacial score (nSPS) is 24.6. The second-order valence-corrected chi connectivity index (χ2v) is 4.71. The van der Waals surface area contributed by atoms with Crippen LogP contribution in [0.2, 0.25) is 0 Å². The van der Waals surface area contributed by atoms with Crippen molar-refractivity contribution in [1.82, 2.24) is 9.55 Å². The Balaban J connectivity index is 2.33. The first-order valence-corrected chi connectivity index (χ1v) is 5.69. The Morgan fingerprint density at radius 1 is 1.31 bits per heavy atom. The summed E-state index contributed by atoms with van der Waals surface area (Å²) >= 11 is 0. The summed E-state index contributed by atoms with van der Waals surface area (Å²) in [6, 6.07) is 0. The standard InChI is InChI=1S/C14H18N2/c1-12(2)13-5-4-7-14(3,8-6-13)16-10-9-15-11-16/h4-12H,1-3H3. The predicted octanol–water partition coefficient (Wildman–Crippen LogP) is 3.31. The van der Waals surface area contributed by atoms with E-state index in [1.165, 1.54) is 5.57 Å². The predicted molar refractivity (Wildman–Crippen MR) is 67.1 cm³/mol. The molecule has 1 atom stereocenters. The third kappa shape index (κ3) is 2.01. The summed E-state index contributed by atoms with van der Waals surface area (Å²) in [6.07, 6.45) is 16.6. The van der Waals surface area contributed by atoms with Gasteiger partial charge in [0, 0.05) is 12.4 Å². The fraction of sp³-hybridized carbons (Fsp3) is 0.357. The third-order valence-electron chi connectivity index (χ3n) is 3.06. The highest BCUT2D eigenvalue weighted by atomic mass is 15.1. The summed E-state index contributed by atoms with van der Waals surface area (Å²) in [5, 5.41) is 0. The van der Waals surface area contributed by atoms with Crippen LogP contribution in [0.1, 0.15) is 20.8 Å². The number of rotatable bonds is 2. The molecule has 0 amide bonds. The van der Waals surface area contributed by atoms with Crippen molar-refractivity contribution in [3.63, 3.8) is 0 Å². The topological polar surface area (TPSA) is 17.8 Å². The van der Waals surface area contributed by atoms with Crippen LogP contribution in [-0.4, -0.2) is 9.55 Å². The molecule has 0 aromatic carbocycles. The molecule has 1 aliphatic rings. The fourth-order valence-electron chi connectivity index (χ4n) is 1.83. The summed E-state index contributed by atoms with van der Waals surface area (Å²) in [5.74, 6) is 0.561. The van der Waals surface area contributed by atoms with Gasteiger partial charge in [-0.3, -0.25) is 0 Å². The molecule has 0 N–H and O–H groups in total. The molecule has 1 aromatic heterocycles. The quantitative estimate of drug-likeness (QED) is 0.738. The molecule has 2 nitrogen and oxygen atoms in total. The van der Waals surface area contributed by atoms with Crippen molar-refractivity contribution in [2.45, 2.75) is 26.3 Å². The molecule has 84 valence electrons. The van der Waals surface area contributed by atoms with Crippen LogP contribution in [-0.2, 0) is 5.54 Å². The summed E-state index contributed by atoms with van der Waals surface area (Å²) < 4.78 is 2.11. The van der Waals surface area contributed by atoms with Crippen molar-refractivity contribution in [2.75, 3.05) is 0 Å². The van der Waals surface area contributed by atoms with Gasteiger partial charge in [0.1, 0.15) is 0 Å². The Labute approximate surface area is 97.0 Å². The fourth-order valence-corrected chi connectivity index (χ4v) is 1.83. The van der Waals surface area contributed by atoms with E-state index in [2.05, 4.69) is 60.7 Å². The van der Waals surface area contributed by atoms with E-state index in [9.17, 15) is 0 Å². The molecule has 0 spiro atoms. The number of nitrogens with zero attached hydrogens (tertiary/aromatic N) is 2. The molecule has 2 heteroatoms. The molecule has 1 aliphatic carbocycles. The Morgan fingerprint density at radius 2 is 2.12 bits per heavy atom. The van der Waals surface area contributed by atoms with Crippen LogP contribution in [0, 0.1) is 5.92 Å². The minimum Gasteiger partial charge on any atom is -0.325 e. The van der Waals surface area contributed by atoms with E-state index in [1.807, 2.05) is 18.7 Å². The highest BCUT2D eigenvalue weighted by molar-refractivity contribution is 5.33. The average molecular weight is 214 g/mol. The lowest BCUT2D eigenvalue weighted by Gasteiger charge is -2.23. The minimum absolute atomic E-state index is 0.107. The van der Waals surface area contributed by atoms with Crippen molar-refractivity contribution in [3.8, 4) is 0 Å². The summed E-state index contributed by atoms with van der Waals surface area (Å²) in [7, 11) is 0. The molecule has 0 bridgehead atoms. The van der Waals surface area contributed by atoms with Gasteiger partial charge < -0.3 is 4.57 Å². The second-order valence-electron chi connectivity index (χ2n) is 4.71. The van der Waals surface area contributed by atoms with Crippen LogP contribution in [0.4, 0.5) is 0 Å². The molecule has 0 saturated heterocycles. The van der Waals surface area contributed by atoms with E-state index < -0.39 is 0 Å². The van der Waals surface area contributed by atoms with Gasteiger partial charge in [0.15, 0.2) is 0 Å². The number of hydrogen-bond acceptors (Lipinski definition) is 1. The van der Waals surface area contributed by atoms with Crippen molar-refractivity contribution >= 4 is 0 Å². The number of imidazole rings is 1. The minimum atomic E-state index is -0.107. The maximum Gasteiger partial charge on any atom is 0.0956 e. The van der Waals surface area contributed by atoms with E-state index in [1.54, 1.807) is 0 Å². The van der Waals surface area contributed by atoms with Gasteiger partial charge in [-0.2, -0.15) is 0 Å². The largest absolute Gasteiger partial charge is 0.325 e. The van der Waals surface area contributed by atoms with Crippen molar-refractivity contribution in [3.05, 3.63) is 54.7 Å². The Hall–Kier alpha value is -1.57. The highest BCUT2D eigenvalue weighted by Gasteiger charge is 2.19. The highest BCUT2D eigenvalue weighted by Crippen LogP contribution is 2.24. The van der Waals surface area contributed by atoms with Crippen molar-refractivity contribution in [1.29, 1.82) is 0 Å². The molecule has 0 saturated carbocycles. The van der Waals surface area contributed by atoms with Crippen LogP contribution in [0.5, 0.6) is 0 Å². The van der Waals surface area contributed by atoms with Crippen LogP contribution in [0.25, 0.3) is 0 Å². The van der Waals surface area contributed by atoms with Gasteiger partial charge in [0.05, 0.1) is 11.9 Å². The molecule has 1 aromatic rings. The smallest absolute Gasteiger partial charge is 0.0956 e. The SMILES string of the molecule is CC(C)C1=CC=CC(C)(n2ccnc2)C=C1. The summed E-state index contributed by atoms with van der Waals surface area (Å²) in [4.78, 5) is 4.11. The molecular formula is C14H18N2. The Kier molecular flexibility index (Phi) is 2.82. The molecule has 0 radical (unpaired) electrons. The van der Waals surface area contributed by atoms with E-state index in [0.29, 0.717) is 5.92 Å². The first-order chi connectivity index (χ1) is 7.62. The zero-order chi connectivity index (χ0) is 11.6. The van der Waals surface area contributed by atoms with E-state index >= 15 is 0 Å². The molecule has 16 heavy (non-hydrogen) atoms. The molecule has 2 rings (SSSR count). The van der Waals surface area contributed by atoms with Crippen LogP contribution in [0.3, 0.4) is 0 Å². The molecular weight excluding hydrogens is 196 g/mol. The first kappa shape index (κ1) is 10.9. The van der Waals surface area contributed by atoms with Gasteiger partial charge in [0.2, 0.25) is 0 Å². The van der Waals surface area contributed by atoms with Crippen molar-refractivity contribution < 1.29 is 0 Å². The molecule has 1 unspecified atom stereocenters. The maximum atomic E-state index is 4.11. The van der Waals surface area contributed by atoms with E-state index in [0.717, 1.165) is 0 Å². The van der Waals surface area contributed by atoms with Crippen molar-refractivity contribution in [2.24, 2.45) is 5.92 Å². The summed E-state index contributed by atoms with van der Waals surface area (Å²) in [5.41, 5.74) is 1.25. The van der Waals surface area contributed by atoms with E-state index in [4.69, 9.17) is 0 Å². The lowest BCUT2D eigenvalue weighted by Crippen LogP contribution is -2.23. The zero-order valence-electron chi connectivity index (χ0n) is 10.1. The Bertz CT molecular complexity index is 435. The first-order valence-electron chi connectivity index (χ1n) is 5.69. The van der Waals surface area contributed by atoms with Gasteiger partial charge >= 0.3 is 0 Å². The maximum absolute atomic E-state index is 4.11. The third-order valence-corrected chi connectivity index (χ3v) is 3.06. The second kappa shape index (κ2) is 4.12. The van der Waals surface area contributed by atoms with Gasteiger partial charge in [-0.1, -0.05) is 44.2 Å². The van der Waals surface area contributed by atoms with Gasteiger partial charge in [-0.05, 0) is 18.4 Å². The van der Waals surface area contributed by atoms with Gasteiger partial charge in [-0.15, -0.1) is 0 Å². The lowest BCUT2D eigenvalue weighted by molar-refractivity contribution is 0.514. The van der Waals surface area contributed by atoms with Gasteiger partial charge in [-0.25, -0.2) is 4.98 Å². The van der Waals surface area contributed by atoms with Crippen LogP contribution in [0.15, 0.2) is 54.7 Å². The van der Waals surface area contributed by atoms with Crippen LogP contribution < -0.4 is 0 Å². The number of aromatic nitrogens is 2. The monoisotopic (exact) mass is 214 g/mol. The van der Waals surface area contributed by atoms with E-state index in [-0.39, 0.29) is 5.54 Å². The van der Waals surface area contributed by atoms with Gasteiger partial charge in [0.25, 0.3) is 0 Å². The lowest BCUT2D eigenvalue weighted by atomic mass is 9.99. The number of allylic oxidation sites excluding steroid dienone is 6. The van der Waals surface area contributed by atoms with Crippen LogP contribution >= 0.6 is 0 Å². The molecule has 0 fully saturated rings.